The molecule has 3 aromatic rings. The maximum atomic E-state index is 12.7. The van der Waals surface area contributed by atoms with Crippen LogP contribution in [-0.4, -0.2) is 49.1 Å². The van der Waals surface area contributed by atoms with E-state index in [-0.39, 0.29) is 22.4 Å². The molecule has 3 rings (SSSR count). The summed E-state index contributed by atoms with van der Waals surface area (Å²) in [7, 11) is 4.40. The van der Waals surface area contributed by atoms with Crippen molar-refractivity contribution in [3.63, 3.8) is 0 Å². The summed E-state index contributed by atoms with van der Waals surface area (Å²) in [5.41, 5.74) is 0.820. The number of amides is 2. The van der Waals surface area contributed by atoms with Gasteiger partial charge in [-0.15, -0.1) is 10.2 Å². The number of thioether (sulfide) groups is 1. The van der Waals surface area contributed by atoms with Crippen LogP contribution in [0.25, 0.3) is 0 Å². The van der Waals surface area contributed by atoms with Crippen LogP contribution in [0.15, 0.2) is 34.7 Å². The smallest absolute Gasteiger partial charge is 0.257 e. The molecule has 0 spiro atoms. The number of rotatable bonds is 9. The first-order valence-corrected chi connectivity index (χ1v) is 11.7. The Kier molecular flexibility index (Phi) is 8.61. The number of halogens is 2. The fourth-order valence-electron chi connectivity index (χ4n) is 2.60. The molecule has 33 heavy (non-hydrogen) atoms. The summed E-state index contributed by atoms with van der Waals surface area (Å²) in [6.07, 6.45) is 0. The quantitative estimate of drug-likeness (QED) is 0.299. The molecule has 2 N–H and O–H groups in total. The minimum atomic E-state index is -0.431. The van der Waals surface area contributed by atoms with Crippen molar-refractivity contribution in [2.24, 2.45) is 0 Å². The summed E-state index contributed by atoms with van der Waals surface area (Å²) in [4.78, 5) is 24.8. The Balaban J connectivity index is 1.59. The topological polar surface area (TPSA) is 112 Å². The Labute approximate surface area is 207 Å². The molecular formula is C20H18Cl2N4O5S2. The summed E-state index contributed by atoms with van der Waals surface area (Å²) in [6.45, 7) is 0. The number of methoxy groups -OCH3 is 3. The van der Waals surface area contributed by atoms with Crippen molar-refractivity contribution >= 4 is 68.9 Å². The lowest BCUT2D eigenvalue weighted by Crippen LogP contribution is -2.13. The molecule has 0 bridgehead atoms. The highest BCUT2D eigenvalue weighted by atomic mass is 35.5. The van der Waals surface area contributed by atoms with Gasteiger partial charge < -0.3 is 19.5 Å². The second-order valence-electron chi connectivity index (χ2n) is 6.21. The lowest BCUT2D eigenvalue weighted by molar-refractivity contribution is -0.113. The zero-order valence-electron chi connectivity index (χ0n) is 17.6. The van der Waals surface area contributed by atoms with Gasteiger partial charge in [0.15, 0.2) is 15.8 Å². The van der Waals surface area contributed by atoms with Crippen molar-refractivity contribution in [1.29, 1.82) is 0 Å². The van der Waals surface area contributed by atoms with Gasteiger partial charge in [0.2, 0.25) is 16.8 Å². The second kappa shape index (κ2) is 11.4. The van der Waals surface area contributed by atoms with E-state index < -0.39 is 5.91 Å². The van der Waals surface area contributed by atoms with Crippen LogP contribution in [0.5, 0.6) is 17.2 Å². The maximum absolute atomic E-state index is 12.7. The lowest BCUT2D eigenvalue weighted by Gasteiger charge is -2.13. The molecule has 0 atom stereocenters. The first kappa shape index (κ1) is 24.9. The zero-order chi connectivity index (χ0) is 24.0. The molecule has 0 aliphatic heterocycles. The molecule has 13 heteroatoms. The molecule has 0 aliphatic carbocycles. The number of nitrogens with one attached hydrogen (secondary N) is 2. The van der Waals surface area contributed by atoms with Crippen LogP contribution in [0.1, 0.15) is 10.4 Å². The van der Waals surface area contributed by atoms with Gasteiger partial charge in [-0.05, 0) is 30.3 Å². The van der Waals surface area contributed by atoms with Crippen LogP contribution < -0.4 is 24.8 Å². The predicted molar refractivity (Wildman–Crippen MR) is 130 cm³/mol. The summed E-state index contributed by atoms with van der Waals surface area (Å²) >= 11 is 14.1. The molecule has 0 fully saturated rings. The molecule has 0 unspecified atom stereocenters. The van der Waals surface area contributed by atoms with Gasteiger partial charge in [-0.1, -0.05) is 46.3 Å². The highest BCUT2D eigenvalue weighted by Crippen LogP contribution is 2.38. The number of nitrogens with zero attached hydrogens (tertiary/aromatic N) is 2. The minimum absolute atomic E-state index is 0.0930. The van der Waals surface area contributed by atoms with E-state index in [1.165, 1.54) is 45.2 Å². The fraction of sp³-hybridized carbons (Fsp3) is 0.200. The van der Waals surface area contributed by atoms with Gasteiger partial charge in [-0.2, -0.15) is 0 Å². The summed E-state index contributed by atoms with van der Waals surface area (Å²) in [5.74, 6) is 0.489. The number of carbonyl (C=O) groups is 2. The van der Waals surface area contributed by atoms with Crippen molar-refractivity contribution in [1.82, 2.24) is 10.2 Å². The van der Waals surface area contributed by atoms with E-state index in [2.05, 4.69) is 20.8 Å². The van der Waals surface area contributed by atoms with Crippen LogP contribution >= 0.6 is 46.3 Å². The van der Waals surface area contributed by atoms with Gasteiger partial charge in [0.1, 0.15) is 0 Å². The molecule has 2 aromatic carbocycles. The van der Waals surface area contributed by atoms with Gasteiger partial charge in [0.25, 0.3) is 5.91 Å². The summed E-state index contributed by atoms with van der Waals surface area (Å²) in [6, 6.07) is 7.87. The average molecular weight is 529 g/mol. The standard InChI is InChI=1S/C20H18Cl2N4O5S2/c1-29-14-6-10(7-15(30-2)17(14)31-3)18(28)24-19-25-26-20(33-19)32-9-16(27)23-11-4-5-12(21)13(22)8-11/h4-8H,9H2,1-3H3,(H,23,27)(H,24,25,28). The normalized spacial score (nSPS) is 10.5. The Morgan fingerprint density at radius 2 is 1.67 bits per heavy atom. The molecular weight excluding hydrogens is 511 g/mol. The lowest BCUT2D eigenvalue weighted by atomic mass is 10.1. The summed E-state index contributed by atoms with van der Waals surface area (Å²) in [5, 5.41) is 14.4. The van der Waals surface area contributed by atoms with Crippen LogP contribution in [-0.2, 0) is 4.79 Å². The van der Waals surface area contributed by atoms with Crippen molar-refractivity contribution < 1.29 is 23.8 Å². The van der Waals surface area contributed by atoms with E-state index in [1.807, 2.05) is 0 Å². The third kappa shape index (κ3) is 6.41. The number of anilines is 2. The molecule has 1 aromatic heterocycles. The van der Waals surface area contributed by atoms with Crippen molar-refractivity contribution in [2.75, 3.05) is 37.7 Å². The largest absolute Gasteiger partial charge is 0.493 e. The van der Waals surface area contributed by atoms with Gasteiger partial charge >= 0.3 is 0 Å². The summed E-state index contributed by atoms with van der Waals surface area (Å²) < 4.78 is 16.3. The third-order valence-electron chi connectivity index (χ3n) is 4.08. The van der Waals surface area contributed by atoms with Gasteiger partial charge in [0, 0.05) is 11.3 Å². The number of hydrogen-bond donors (Lipinski definition) is 2. The monoisotopic (exact) mass is 528 g/mol. The van der Waals surface area contributed by atoms with Gasteiger partial charge in [-0.25, -0.2) is 0 Å². The number of hydrogen-bond acceptors (Lipinski definition) is 9. The highest BCUT2D eigenvalue weighted by molar-refractivity contribution is 8.01. The fourth-order valence-corrected chi connectivity index (χ4v) is 4.44. The molecule has 0 radical (unpaired) electrons. The molecule has 2 amide bonds. The predicted octanol–water partition coefficient (Wildman–Crippen LogP) is 4.85. The zero-order valence-corrected chi connectivity index (χ0v) is 20.7. The number of aromatic nitrogens is 2. The Hall–Kier alpha value is -2.73. The van der Waals surface area contributed by atoms with Crippen LogP contribution in [0.3, 0.4) is 0 Å². The van der Waals surface area contributed by atoms with E-state index >= 15 is 0 Å². The maximum Gasteiger partial charge on any atom is 0.257 e. The Morgan fingerprint density at radius 3 is 2.27 bits per heavy atom. The van der Waals surface area contributed by atoms with E-state index in [0.29, 0.717) is 37.3 Å². The van der Waals surface area contributed by atoms with Crippen LogP contribution in [0.4, 0.5) is 10.8 Å². The number of carbonyl (C=O) groups excluding carboxylic acids is 2. The third-order valence-corrected chi connectivity index (χ3v) is 6.79. The van der Waals surface area contributed by atoms with Crippen molar-refractivity contribution in [3.05, 3.63) is 45.9 Å². The van der Waals surface area contributed by atoms with Crippen molar-refractivity contribution in [2.45, 2.75) is 4.34 Å². The molecule has 9 nitrogen and oxygen atoms in total. The van der Waals surface area contributed by atoms with Crippen LogP contribution in [0, 0.1) is 0 Å². The molecule has 0 aliphatic rings. The van der Waals surface area contributed by atoms with E-state index in [4.69, 9.17) is 37.4 Å². The SMILES string of the molecule is COc1cc(C(=O)Nc2nnc(SCC(=O)Nc3ccc(Cl)c(Cl)c3)s2)cc(OC)c1OC. The number of benzene rings is 2. The molecule has 1 heterocycles. The average Bonchev–Trinajstić information content (AvgIpc) is 3.26. The molecule has 0 saturated carbocycles. The van der Waals surface area contributed by atoms with Crippen LogP contribution in [0.2, 0.25) is 10.0 Å². The van der Waals surface area contributed by atoms with E-state index in [9.17, 15) is 9.59 Å². The second-order valence-corrected chi connectivity index (χ2v) is 9.22. The molecule has 0 saturated heterocycles. The van der Waals surface area contributed by atoms with Gasteiger partial charge in [0.05, 0.1) is 37.1 Å². The molecule has 174 valence electrons. The number of ether oxygens (including phenoxy) is 3. The Morgan fingerprint density at radius 1 is 0.970 bits per heavy atom. The van der Waals surface area contributed by atoms with E-state index in [1.54, 1.807) is 18.2 Å². The minimum Gasteiger partial charge on any atom is -0.493 e. The van der Waals surface area contributed by atoms with Gasteiger partial charge in [-0.3, -0.25) is 14.9 Å². The Bertz CT molecular complexity index is 1150. The van der Waals surface area contributed by atoms with Crippen molar-refractivity contribution in [3.8, 4) is 17.2 Å². The first-order chi connectivity index (χ1) is 15.8. The first-order valence-electron chi connectivity index (χ1n) is 9.17. The van der Waals surface area contributed by atoms with E-state index in [0.717, 1.165) is 11.3 Å². The highest BCUT2D eigenvalue weighted by Gasteiger charge is 2.18.